The van der Waals surface area contributed by atoms with E-state index in [0.29, 0.717) is 18.0 Å². The quantitative estimate of drug-likeness (QED) is 0.656. The Morgan fingerprint density at radius 3 is 2.64 bits per heavy atom. The first-order valence-electron chi connectivity index (χ1n) is 9.99. The number of piperidine rings is 1. The lowest BCUT2D eigenvalue weighted by molar-refractivity contribution is 0.199. The Hall–Kier alpha value is -2.54. The number of rotatable bonds is 6. The van der Waals surface area contributed by atoms with Gasteiger partial charge in [-0.3, -0.25) is 4.90 Å². The maximum absolute atomic E-state index is 13.8. The van der Waals surface area contributed by atoms with Crippen molar-refractivity contribution >= 4 is 0 Å². The molecular weight excluding hydrogens is 355 g/mol. The Bertz CT molecular complexity index is 909. The summed E-state index contributed by atoms with van der Waals surface area (Å²) in [7, 11) is 0. The van der Waals surface area contributed by atoms with Gasteiger partial charge in [0.2, 0.25) is 0 Å². The summed E-state index contributed by atoms with van der Waals surface area (Å²) in [6.07, 6.45) is 7.64. The average Bonchev–Trinajstić information content (AvgIpc) is 3.35. The number of imidazole rings is 1. The summed E-state index contributed by atoms with van der Waals surface area (Å²) in [6, 6.07) is 5.56. The minimum absolute atomic E-state index is 0.117. The van der Waals surface area contributed by atoms with E-state index < -0.39 is 0 Å². The normalized spacial score (nSPS) is 16.0. The Morgan fingerprint density at radius 2 is 1.96 bits per heavy atom. The van der Waals surface area contributed by atoms with Gasteiger partial charge < -0.3 is 9.13 Å². The summed E-state index contributed by atoms with van der Waals surface area (Å²) >= 11 is 0. The second kappa shape index (κ2) is 8.22. The third kappa shape index (κ3) is 3.99. The molecule has 1 aliphatic heterocycles. The van der Waals surface area contributed by atoms with E-state index in [1.54, 1.807) is 25.5 Å². The third-order valence-corrected chi connectivity index (χ3v) is 5.65. The summed E-state index contributed by atoms with van der Waals surface area (Å²) in [4.78, 5) is 6.50. The predicted molar refractivity (Wildman–Crippen MR) is 105 cm³/mol. The molecular formula is C21H27FN6. The van der Waals surface area contributed by atoms with Crippen molar-refractivity contribution < 1.29 is 4.39 Å². The van der Waals surface area contributed by atoms with E-state index >= 15 is 0 Å². The van der Waals surface area contributed by atoms with Crippen molar-refractivity contribution in [3.05, 3.63) is 65.5 Å². The van der Waals surface area contributed by atoms with Crippen LogP contribution in [-0.2, 0) is 19.6 Å². The van der Waals surface area contributed by atoms with Crippen LogP contribution >= 0.6 is 0 Å². The van der Waals surface area contributed by atoms with Crippen LogP contribution in [0.2, 0.25) is 0 Å². The van der Waals surface area contributed by atoms with Crippen molar-refractivity contribution in [3.63, 3.8) is 0 Å². The average molecular weight is 382 g/mol. The molecule has 3 heterocycles. The largest absolute Gasteiger partial charge is 0.330 e. The zero-order valence-corrected chi connectivity index (χ0v) is 16.6. The third-order valence-electron chi connectivity index (χ3n) is 5.65. The zero-order valence-electron chi connectivity index (χ0n) is 16.6. The van der Waals surface area contributed by atoms with E-state index in [0.717, 1.165) is 56.2 Å². The van der Waals surface area contributed by atoms with Gasteiger partial charge in [-0.25, -0.2) is 9.37 Å². The monoisotopic (exact) mass is 382 g/mol. The van der Waals surface area contributed by atoms with E-state index in [-0.39, 0.29) is 5.82 Å². The molecule has 6 nitrogen and oxygen atoms in total. The highest BCUT2D eigenvalue weighted by molar-refractivity contribution is 5.23. The van der Waals surface area contributed by atoms with Crippen molar-refractivity contribution in [2.45, 2.75) is 52.2 Å². The van der Waals surface area contributed by atoms with Crippen molar-refractivity contribution in [2.24, 2.45) is 0 Å². The Morgan fingerprint density at radius 1 is 1.14 bits per heavy atom. The highest BCUT2D eigenvalue weighted by atomic mass is 19.1. The molecule has 0 atom stereocenters. The van der Waals surface area contributed by atoms with Gasteiger partial charge in [-0.05, 0) is 57.0 Å². The minimum Gasteiger partial charge on any atom is -0.330 e. The van der Waals surface area contributed by atoms with Gasteiger partial charge in [-0.2, -0.15) is 0 Å². The van der Waals surface area contributed by atoms with Gasteiger partial charge >= 0.3 is 0 Å². The molecule has 0 bridgehead atoms. The maximum Gasteiger partial charge on any atom is 0.153 e. The zero-order chi connectivity index (χ0) is 19.5. The molecule has 0 saturated carbocycles. The fraction of sp³-hybridized carbons (Fsp3) is 0.476. The summed E-state index contributed by atoms with van der Waals surface area (Å²) in [6.45, 7) is 8.30. The maximum atomic E-state index is 13.8. The highest BCUT2D eigenvalue weighted by Crippen LogP contribution is 2.28. The molecule has 0 aliphatic carbocycles. The van der Waals surface area contributed by atoms with Crippen LogP contribution in [0.5, 0.6) is 0 Å². The van der Waals surface area contributed by atoms with Gasteiger partial charge in [0.25, 0.3) is 0 Å². The second-order valence-corrected chi connectivity index (χ2v) is 7.59. The Labute approximate surface area is 165 Å². The Kier molecular flexibility index (Phi) is 5.52. The first-order valence-corrected chi connectivity index (χ1v) is 9.99. The van der Waals surface area contributed by atoms with Crippen LogP contribution in [0, 0.1) is 12.7 Å². The second-order valence-electron chi connectivity index (χ2n) is 7.59. The van der Waals surface area contributed by atoms with Gasteiger partial charge in [0.15, 0.2) is 5.82 Å². The number of nitrogens with zero attached hydrogens (tertiary/aromatic N) is 6. The molecule has 1 aromatic carbocycles. The number of aryl methyl sites for hydroxylation is 1. The lowest BCUT2D eigenvalue weighted by Gasteiger charge is -2.31. The van der Waals surface area contributed by atoms with E-state index in [2.05, 4.69) is 31.6 Å². The summed E-state index contributed by atoms with van der Waals surface area (Å²) in [5, 5.41) is 8.98. The van der Waals surface area contributed by atoms with E-state index in [1.807, 2.05) is 22.9 Å². The molecule has 0 spiro atoms. The number of hydrogen-bond donors (Lipinski definition) is 0. The van der Waals surface area contributed by atoms with E-state index in [4.69, 9.17) is 0 Å². The van der Waals surface area contributed by atoms with Crippen molar-refractivity contribution in [1.82, 2.24) is 29.2 Å². The minimum atomic E-state index is -0.117. The number of benzene rings is 1. The molecule has 0 amide bonds. The van der Waals surface area contributed by atoms with E-state index in [1.165, 1.54) is 0 Å². The summed E-state index contributed by atoms with van der Waals surface area (Å²) in [5.74, 6) is 2.38. The van der Waals surface area contributed by atoms with Crippen LogP contribution in [0.3, 0.4) is 0 Å². The first-order chi connectivity index (χ1) is 13.6. The van der Waals surface area contributed by atoms with Crippen LogP contribution in [0.1, 0.15) is 48.5 Å². The molecule has 1 aliphatic rings. The van der Waals surface area contributed by atoms with Gasteiger partial charge in [0, 0.05) is 31.4 Å². The highest BCUT2D eigenvalue weighted by Gasteiger charge is 2.26. The molecule has 1 fully saturated rings. The number of hydrogen-bond acceptors (Lipinski definition) is 4. The molecule has 0 unspecified atom stereocenters. The number of aromatic nitrogens is 5. The van der Waals surface area contributed by atoms with E-state index in [9.17, 15) is 4.39 Å². The van der Waals surface area contributed by atoms with Crippen LogP contribution in [0.25, 0.3) is 0 Å². The molecule has 4 rings (SSSR count). The lowest BCUT2D eigenvalue weighted by Crippen LogP contribution is -2.33. The molecule has 28 heavy (non-hydrogen) atoms. The lowest BCUT2D eigenvalue weighted by atomic mass is 9.95. The topological polar surface area (TPSA) is 51.8 Å². The molecule has 0 N–H and O–H groups in total. The summed E-state index contributed by atoms with van der Waals surface area (Å²) in [5.41, 5.74) is 1.74. The Balaban J connectivity index is 1.39. The van der Waals surface area contributed by atoms with Gasteiger partial charge in [0.05, 0.1) is 12.9 Å². The molecule has 3 aromatic rings. The smallest absolute Gasteiger partial charge is 0.153 e. The number of likely N-dealkylation sites (tertiary alicyclic amines) is 1. The van der Waals surface area contributed by atoms with Crippen LogP contribution < -0.4 is 0 Å². The van der Waals surface area contributed by atoms with Crippen molar-refractivity contribution in [2.75, 3.05) is 13.1 Å². The standard InChI is InChI=1S/C21H27FN6/c1-3-28-20(14-27-11-8-23-15-27)24-25-21(28)18-6-9-26(10-7-18)13-17-5-4-16(2)19(22)12-17/h4-5,8,11-12,15,18H,3,6-7,9-10,13-14H2,1-2H3. The fourth-order valence-electron chi connectivity index (χ4n) is 4.00. The van der Waals surface area contributed by atoms with Crippen LogP contribution in [-0.4, -0.2) is 42.3 Å². The fourth-order valence-corrected chi connectivity index (χ4v) is 4.00. The van der Waals surface area contributed by atoms with Crippen molar-refractivity contribution in [3.8, 4) is 0 Å². The van der Waals surface area contributed by atoms with Crippen LogP contribution in [0.15, 0.2) is 36.9 Å². The predicted octanol–water partition coefficient (Wildman–Crippen LogP) is 3.37. The summed E-state index contributed by atoms with van der Waals surface area (Å²) < 4.78 is 18.1. The molecule has 2 aromatic heterocycles. The van der Waals surface area contributed by atoms with Crippen LogP contribution in [0.4, 0.5) is 4.39 Å². The van der Waals surface area contributed by atoms with Crippen molar-refractivity contribution in [1.29, 1.82) is 0 Å². The SMILES string of the molecule is CCn1c(Cn2ccnc2)nnc1C1CCN(Cc2ccc(C)c(F)c2)CC1. The molecule has 7 heteroatoms. The number of halogens is 1. The van der Waals surface area contributed by atoms with Gasteiger partial charge in [-0.15, -0.1) is 10.2 Å². The molecule has 148 valence electrons. The molecule has 0 radical (unpaired) electrons. The van der Waals surface area contributed by atoms with Gasteiger partial charge in [-0.1, -0.05) is 12.1 Å². The van der Waals surface area contributed by atoms with Gasteiger partial charge in [0.1, 0.15) is 11.6 Å². The first kappa shape index (κ1) is 18.8. The molecule has 1 saturated heterocycles.